The van der Waals surface area contributed by atoms with Crippen LogP contribution in [0.15, 0.2) is 48.5 Å². The number of amides is 1. The van der Waals surface area contributed by atoms with Gasteiger partial charge in [-0.2, -0.15) is 8.42 Å². The van der Waals surface area contributed by atoms with Gasteiger partial charge in [0.15, 0.2) is 0 Å². The molecule has 9 nitrogen and oxygen atoms in total. The third-order valence-corrected chi connectivity index (χ3v) is 6.48. The molecule has 0 aliphatic heterocycles. The maximum atomic E-state index is 13.2. The van der Waals surface area contributed by atoms with Crippen molar-refractivity contribution in [2.45, 2.75) is 38.8 Å². The third kappa shape index (κ3) is 14.0. The summed E-state index contributed by atoms with van der Waals surface area (Å²) < 4.78 is 45.2. The first-order valence-corrected chi connectivity index (χ1v) is 15.0. The number of anilines is 1. The topological polar surface area (TPSA) is 139 Å². The molecule has 0 aliphatic rings. The van der Waals surface area contributed by atoms with Gasteiger partial charge in [0.1, 0.15) is 11.9 Å². The fourth-order valence-corrected chi connectivity index (χ4v) is 3.74. The van der Waals surface area contributed by atoms with Gasteiger partial charge in [-0.25, -0.2) is 9.18 Å². The van der Waals surface area contributed by atoms with Crippen LogP contribution in [0.25, 0.3) is 0 Å². The summed E-state index contributed by atoms with van der Waals surface area (Å²) in [4.78, 5) is 27.2. The highest BCUT2D eigenvalue weighted by Crippen LogP contribution is 2.17. The number of hydrogen-bond donors (Lipinski definition) is 3. The number of benzene rings is 2. The van der Waals surface area contributed by atoms with Crippen molar-refractivity contribution in [3.8, 4) is 0 Å². The zero-order chi connectivity index (χ0) is 29.4. The van der Waals surface area contributed by atoms with Crippen LogP contribution in [0.4, 0.5) is 10.1 Å². The van der Waals surface area contributed by atoms with Crippen molar-refractivity contribution in [3.63, 3.8) is 0 Å². The average Bonchev–Trinajstić information content (AvgIpc) is 2.90. The molecule has 0 aliphatic carbocycles. The second-order valence-corrected chi connectivity index (χ2v) is 10.9. The van der Waals surface area contributed by atoms with Gasteiger partial charge < -0.3 is 20.7 Å². The van der Waals surface area contributed by atoms with Crippen LogP contribution in [-0.4, -0.2) is 74.1 Å². The number of rotatable bonds is 14. The number of nitrogens with two attached hydrogens (primary N) is 1. The van der Waals surface area contributed by atoms with Gasteiger partial charge in [-0.05, 0) is 55.7 Å². The van der Waals surface area contributed by atoms with Crippen molar-refractivity contribution >= 4 is 50.9 Å². The number of esters is 1. The number of alkyl halides is 2. The molecule has 0 unspecified atom stereocenters. The van der Waals surface area contributed by atoms with E-state index in [1.165, 1.54) is 19.1 Å². The molecular weight excluding hydrogens is 572 g/mol. The van der Waals surface area contributed by atoms with E-state index in [1.54, 1.807) is 19.1 Å². The van der Waals surface area contributed by atoms with Gasteiger partial charge >= 0.3 is 5.97 Å². The zero-order valence-electron chi connectivity index (χ0n) is 22.0. The maximum Gasteiger partial charge on any atom is 0.328 e. The second-order valence-electron chi connectivity index (χ2n) is 8.36. The van der Waals surface area contributed by atoms with Crippen molar-refractivity contribution in [1.29, 1.82) is 0 Å². The Morgan fingerprint density at radius 2 is 1.49 bits per heavy atom. The lowest BCUT2D eigenvalue weighted by molar-refractivity contribution is -0.147. The van der Waals surface area contributed by atoms with Crippen molar-refractivity contribution < 1.29 is 31.7 Å². The number of hydrogen-bond acceptors (Lipinski definition) is 7. The lowest BCUT2D eigenvalue weighted by atomic mass is 10.0. The maximum absolute atomic E-state index is 13.2. The second kappa shape index (κ2) is 18.0. The van der Waals surface area contributed by atoms with E-state index in [1.807, 2.05) is 24.3 Å². The van der Waals surface area contributed by atoms with Gasteiger partial charge in [-0.3, -0.25) is 9.35 Å². The first-order chi connectivity index (χ1) is 18.4. The summed E-state index contributed by atoms with van der Waals surface area (Å²) in [7, 11) is -3.66. The standard InChI is InChI=1S/C24H30Cl2FN3O3.C2H6O3S/c1-2-33-24(32)22(16-18-3-7-19(27)8-4-18)29-23(31)21(28)15-17-5-9-20(10-6-17)30(13-11-25)14-12-26;1-2-6(3,4)5/h3-10,21-22H,2,11-16,28H2,1H3,(H,29,31);2H2,1H3,(H,3,4,5)/t21-,22-;/m0./s1. The number of carbonyl (C=O) groups is 2. The van der Waals surface area contributed by atoms with Crippen LogP contribution in [0.2, 0.25) is 0 Å². The van der Waals surface area contributed by atoms with E-state index < -0.39 is 34.1 Å². The lowest BCUT2D eigenvalue weighted by Gasteiger charge is -2.23. The van der Waals surface area contributed by atoms with Gasteiger partial charge in [0, 0.05) is 37.0 Å². The first-order valence-electron chi connectivity index (χ1n) is 12.3. The number of nitrogens with one attached hydrogen (secondary N) is 1. The largest absolute Gasteiger partial charge is 0.464 e. The molecule has 39 heavy (non-hydrogen) atoms. The molecule has 0 bridgehead atoms. The number of carbonyl (C=O) groups excluding carboxylic acids is 2. The Morgan fingerprint density at radius 1 is 1.00 bits per heavy atom. The molecule has 1 amide bonds. The lowest BCUT2D eigenvalue weighted by Crippen LogP contribution is -2.50. The van der Waals surface area contributed by atoms with Gasteiger partial charge in [0.25, 0.3) is 10.1 Å². The number of halogens is 3. The van der Waals surface area contributed by atoms with E-state index in [0.29, 0.717) is 36.8 Å². The molecule has 2 rings (SSSR count). The Balaban J connectivity index is 0.00000113. The van der Waals surface area contributed by atoms with E-state index in [9.17, 15) is 22.4 Å². The third-order valence-electron chi connectivity index (χ3n) is 5.41. The summed E-state index contributed by atoms with van der Waals surface area (Å²) in [6.45, 7) is 4.59. The quantitative estimate of drug-likeness (QED) is 0.169. The minimum atomic E-state index is -3.66. The summed E-state index contributed by atoms with van der Waals surface area (Å²) in [5, 5.41) is 2.68. The first kappa shape index (κ1) is 34.6. The van der Waals surface area contributed by atoms with Crippen molar-refractivity contribution in [3.05, 3.63) is 65.5 Å². The summed E-state index contributed by atoms with van der Waals surface area (Å²) in [5.41, 5.74) is 8.68. The SMILES string of the molecule is CCOC(=O)[C@H](Cc1ccc(F)cc1)NC(=O)[C@@H](N)Cc1ccc(N(CCCl)CCCl)cc1.CCS(=O)(=O)O. The fraction of sp³-hybridized carbons (Fsp3) is 0.462. The highest BCUT2D eigenvalue weighted by Gasteiger charge is 2.25. The van der Waals surface area contributed by atoms with Crippen LogP contribution in [0.1, 0.15) is 25.0 Å². The molecule has 0 heterocycles. The molecule has 0 saturated heterocycles. The van der Waals surface area contributed by atoms with Gasteiger partial charge in [0.2, 0.25) is 5.91 Å². The molecule has 0 fully saturated rings. The molecule has 218 valence electrons. The number of nitrogens with zero attached hydrogens (tertiary/aromatic N) is 1. The van der Waals surface area contributed by atoms with E-state index in [0.717, 1.165) is 11.3 Å². The molecule has 2 aromatic carbocycles. The molecule has 2 atom stereocenters. The highest BCUT2D eigenvalue weighted by molar-refractivity contribution is 7.85. The number of ether oxygens (including phenoxy) is 1. The Labute approximate surface area is 239 Å². The van der Waals surface area contributed by atoms with Gasteiger partial charge in [0.05, 0.1) is 18.4 Å². The molecule has 13 heteroatoms. The molecule has 2 aromatic rings. The predicted octanol–water partition coefficient (Wildman–Crippen LogP) is 3.16. The Kier molecular flexibility index (Phi) is 16.0. The zero-order valence-corrected chi connectivity index (χ0v) is 24.3. The molecule has 0 aromatic heterocycles. The molecular formula is C26H36Cl2FN3O6S. The summed E-state index contributed by atoms with van der Waals surface area (Å²) >= 11 is 11.7. The smallest absolute Gasteiger partial charge is 0.328 e. The monoisotopic (exact) mass is 607 g/mol. The Morgan fingerprint density at radius 3 is 1.95 bits per heavy atom. The van der Waals surface area contributed by atoms with Gasteiger partial charge in [-0.1, -0.05) is 24.3 Å². The van der Waals surface area contributed by atoms with Crippen LogP contribution >= 0.6 is 23.2 Å². The molecule has 0 saturated carbocycles. The highest BCUT2D eigenvalue weighted by atomic mass is 35.5. The van der Waals surface area contributed by atoms with Crippen molar-refractivity contribution in [2.24, 2.45) is 5.73 Å². The summed E-state index contributed by atoms with van der Waals surface area (Å²) in [6.07, 6.45) is 0.465. The van der Waals surface area contributed by atoms with Crippen LogP contribution < -0.4 is 16.0 Å². The van der Waals surface area contributed by atoms with E-state index in [2.05, 4.69) is 10.2 Å². The van der Waals surface area contributed by atoms with Crippen LogP contribution in [0, 0.1) is 5.82 Å². The van der Waals surface area contributed by atoms with E-state index >= 15 is 0 Å². The molecule has 0 spiro atoms. The van der Waals surface area contributed by atoms with Crippen LogP contribution in [-0.2, 0) is 37.3 Å². The molecule has 0 radical (unpaired) electrons. The Bertz CT molecular complexity index is 1120. The molecule has 4 N–H and O–H groups in total. The minimum absolute atomic E-state index is 0.170. The normalized spacial score (nSPS) is 12.5. The van der Waals surface area contributed by atoms with Crippen molar-refractivity contribution in [2.75, 3.05) is 42.1 Å². The summed E-state index contributed by atoms with van der Waals surface area (Å²) in [6, 6.07) is 11.6. The van der Waals surface area contributed by atoms with Crippen LogP contribution in [0.5, 0.6) is 0 Å². The summed E-state index contributed by atoms with van der Waals surface area (Å²) in [5.74, 6) is -0.632. The fourth-order valence-electron chi connectivity index (χ4n) is 3.33. The van der Waals surface area contributed by atoms with Gasteiger partial charge in [-0.15, -0.1) is 23.2 Å². The van der Waals surface area contributed by atoms with Crippen LogP contribution in [0.3, 0.4) is 0 Å². The van der Waals surface area contributed by atoms with Crippen molar-refractivity contribution in [1.82, 2.24) is 5.32 Å². The Hall–Kier alpha value is -2.44. The van der Waals surface area contributed by atoms with E-state index in [-0.39, 0.29) is 24.6 Å². The van der Waals surface area contributed by atoms with E-state index in [4.69, 9.17) is 38.2 Å². The predicted molar refractivity (Wildman–Crippen MR) is 153 cm³/mol. The minimum Gasteiger partial charge on any atom is -0.464 e. The average molecular weight is 609 g/mol.